The summed E-state index contributed by atoms with van der Waals surface area (Å²) in [6.45, 7) is 2.51. The predicted octanol–water partition coefficient (Wildman–Crippen LogP) is 3.08. The van der Waals surface area contributed by atoms with Crippen molar-refractivity contribution in [3.05, 3.63) is 28.2 Å². The number of aliphatic carboxylic acids is 1. The van der Waals surface area contributed by atoms with Gasteiger partial charge in [0, 0.05) is 18.1 Å². The van der Waals surface area contributed by atoms with Gasteiger partial charge < -0.3 is 14.7 Å². The molecule has 1 N–H and O–H groups in total. The fraction of sp³-hybridized carbons (Fsp3) is 0.467. The minimum absolute atomic E-state index is 0.171. The molecule has 1 heterocycles. The molecule has 5 nitrogen and oxygen atoms in total. The lowest BCUT2D eigenvalue weighted by atomic mass is 9.97. The molecular weight excluding hydrogens is 329 g/mol. The number of ether oxygens (including phenoxy) is 1. The highest BCUT2D eigenvalue weighted by Crippen LogP contribution is 2.28. The lowest BCUT2D eigenvalue weighted by Gasteiger charge is -2.32. The van der Waals surface area contributed by atoms with Crippen molar-refractivity contribution in [2.45, 2.75) is 25.9 Å². The van der Waals surface area contributed by atoms with Crippen molar-refractivity contribution in [3.8, 4) is 5.75 Å². The summed E-state index contributed by atoms with van der Waals surface area (Å²) < 4.78 is 5.59. The number of benzene rings is 1. The number of hydrogen-bond acceptors (Lipinski definition) is 3. The topological polar surface area (TPSA) is 66.8 Å². The molecular formula is C15H17Cl2NO4. The second kappa shape index (κ2) is 7.20. The van der Waals surface area contributed by atoms with Gasteiger partial charge in [-0.25, -0.2) is 0 Å². The average molecular weight is 346 g/mol. The van der Waals surface area contributed by atoms with E-state index < -0.39 is 12.1 Å². The average Bonchev–Trinajstić information content (AvgIpc) is 2.49. The van der Waals surface area contributed by atoms with Gasteiger partial charge >= 0.3 is 5.97 Å². The highest BCUT2D eigenvalue weighted by molar-refractivity contribution is 6.35. The Morgan fingerprint density at radius 1 is 1.32 bits per heavy atom. The van der Waals surface area contributed by atoms with Crippen molar-refractivity contribution < 1.29 is 19.4 Å². The number of piperidine rings is 1. The van der Waals surface area contributed by atoms with Crippen LogP contribution in [0, 0.1) is 5.92 Å². The van der Waals surface area contributed by atoms with E-state index in [4.69, 9.17) is 33.0 Å². The number of halogens is 2. The molecule has 1 aromatic carbocycles. The maximum absolute atomic E-state index is 12.3. The number of rotatable bonds is 4. The third-order valence-corrected chi connectivity index (χ3v) is 4.23. The monoisotopic (exact) mass is 345 g/mol. The highest BCUT2D eigenvalue weighted by atomic mass is 35.5. The summed E-state index contributed by atoms with van der Waals surface area (Å²) >= 11 is 11.8. The first-order valence-corrected chi connectivity index (χ1v) is 7.77. The van der Waals surface area contributed by atoms with Crippen LogP contribution in [0.15, 0.2) is 18.2 Å². The van der Waals surface area contributed by atoms with Crippen molar-refractivity contribution in [1.82, 2.24) is 4.90 Å². The molecule has 0 aromatic heterocycles. The summed E-state index contributed by atoms with van der Waals surface area (Å²) in [7, 11) is 0. The summed E-state index contributed by atoms with van der Waals surface area (Å²) in [5.74, 6) is -0.947. The van der Waals surface area contributed by atoms with Crippen LogP contribution < -0.4 is 4.74 Å². The first-order chi connectivity index (χ1) is 10.4. The highest BCUT2D eigenvalue weighted by Gasteiger charge is 2.30. The zero-order valence-electron chi connectivity index (χ0n) is 12.1. The normalized spacial score (nSPS) is 17.1. The number of carbonyl (C=O) groups excluding carboxylic acids is 1. The Kier molecular flexibility index (Phi) is 5.53. The Bertz CT molecular complexity index is 571. The Hall–Kier alpha value is -1.46. The van der Waals surface area contributed by atoms with Crippen LogP contribution in [0.25, 0.3) is 0 Å². The molecule has 1 saturated heterocycles. The molecule has 0 unspecified atom stereocenters. The largest absolute Gasteiger partial charge is 0.481 e. The quantitative estimate of drug-likeness (QED) is 0.910. The maximum Gasteiger partial charge on any atom is 0.306 e. The predicted molar refractivity (Wildman–Crippen MR) is 83.5 cm³/mol. The van der Waals surface area contributed by atoms with Gasteiger partial charge in [-0.2, -0.15) is 0 Å². The molecule has 2 rings (SSSR count). The van der Waals surface area contributed by atoms with Gasteiger partial charge in [0.25, 0.3) is 5.91 Å². The molecule has 7 heteroatoms. The minimum Gasteiger partial charge on any atom is -0.481 e. The van der Waals surface area contributed by atoms with E-state index in [0.29, 0.717) is 41.7 Å². The number of amides is 1. The van der Waals surface area contributed by atoms with E-state index in [9.17, 15) is 9.59 Å². The standard InChI is InChI=1S/C15H17Cl2NO4/c1-9(22-13-3-2-11(16)8-12(13)17)14(19)18-6-4-10(5-7-18)15(20)21/h2-3,8-10H,4-7H2,1H3,(H,20,21)/t9-/m1/s1. The molecule has 0 saturated carbocycles. The van der Waals surface area contributed by atoms with Crippen LogP contribution in [-0.2, 0) is 9.59 Å². The van der Waals surface area contributed by atoms with Gasteiger partial charge in [-0.05, 0) is 38.0 Å². The zero-order valence-corrected chi connectivity index (χ0v) is 13.6. The Morgan fingerprint density at radius 2 is 1.95 bits per heavy atom. The number of nitrogens with zero attached hydrogens (tertiary/aromatic N) is 1. The van der Waals surface area contributed by atoms with Gasteiger partial charge in [-0.3, -0.25) is 9.59 Å². The van der Waals surface area contributed by atoms with Crippen molar-refractivity contribution >= 4 is 35.1 Å². The summed E-state index contributed by atoms with van der Waals surface area (Å²) in [6.07, 6.45) is 0.241. The number of carboxylic acid groups (broad SMARTS) is 1. The number of likely N-dealkylation sites (tertiary alicyclic amines) is 1. The minimum atomic E-state index is -0.802. The summed E-state index contributed by atoms with van der Waals surface area (Å²) in [4.78, 5) is 24.9. The van der Waals surface area contributed by atoms with E-state index in [1.54, 1.807) is 30.0 Å². The first-order valence-electron chi connectivity index (χ1n) is 7.01. The number of carbonyl (C=O) groups is 2. The molecule has 0 radical (unpaired) electrons. The van der Waals surface area contributed by atoms with Crippen LogP contribution in [0.3, 0.4) is 0 Å². The first kappa shape index (κ1) is 16.9. The van der Waals surface area contributed by atoms with Crippen LogP contribution in [-0.4, -0.2) is 41.1 Å². The fourth-order valence-corrected chi connectivity index (χ4v) is 2.87. The van der Waals surface area contributed by atoms with Gasteiger partial charge in [0.2, 0.25) is 0 Å². The SMILES string of the molecule is C[C@@H](Oc1ccc(Cl)cc1Cl)C(=O)N1CCC(C(=O)O)CC1. The molecule has 1 fully saturated rings. The van der Waals surface area contributed by atoms with Crippen molar-refractivity contribution in [1.29, 1.82) is 0 Å². The second-order valence-electron chi connectivity index (χ2n) is 5.27. The summed E-state index contributed by atoms with van der Waals surface area (Å²) in [6, 6.07) is 4.80. The molecule has 22 heavy (non-hydrogen) atoms. The van der Waals surface area contributed by atoms with Crippen LogP contribution in [0.2, 0.25) is 10.0 Å². The van der Waals surface area contributed by atoms with E-state index in [2.05, 4.69) is 0 Å². The van der Waals surface area contributed by atoms with Crippen LogP contribution in [0.4, 0.5) is 0 Å². The Morgan fingerprint density at radius 3 is 2.50 bits per heavy atom. The van der Waals surface area contributed by atoms with Crippen molar-refractivity contribution in [3.63, 3.8) is 0 Å². The molecule has 1 aliphatic rings. The third kappa shape index (κ3) is 4.05. The van der Waals surface area contributed by atoms with Crippen LogP contribution >= 0.6 is 23.2 Å². The molecule has 1 amide bonds. The van der Waals surface area contributed by atoms with Gasteiger partial charge in [-0.15, -0.1) is 0 Å². The van der Waals surface area contributed by atoms with Crippen LogP contribution in [0.1, 0.15) is 19.8 Å². The van der Waals surface area contributed by atoms with E-state index in [1.165, 1.54) is 0 Å². The van der Waals surface area contributed by atoms with Gasteiger partial charge in [0.15, 0.2) is 6.10 Å². The molecule has 0 aliphatic carbocycles. The number of hydrogen-bond donors (Lipinski definition) is 1. The fourth-order valence-electron chi connectivity index (χ4n) is 2.42. The summed E-state index contributed by atoms with van der Waals surface area (Å²) in [5.41, 5.74) is 0. The van der Waals surface area contributed by atoms with Gasteiger partial charge in [0.05, 0.1) is 10.9 Å². The van der Waals surface area contributed by atoms with E-state index >= 15 is 0 Å². The Balaban J connectivity index is 1.94. The van der Waals surface area contributed by atoms with Crippen molar-refractivity contribution in [2.24, 2.45) is 5.92 Å². The van der Waals surface area contributed by atoms with Crippen LogP contribution in [0.5, 0.6) is 5.75 Å². The van der Waals surface area contributed by atoms with Gasteiger partial charge in [-0.1, -0.05) is 23.2 Å². The van der Waals surface area contributed by atoms with Crippen molar-refractivity contribution in [2.75, 3.05) is 13.1 Å². The lowest BCUT2D eigenvalue weighted by Crippen LogP contribution is -2.45. The molecule has 1 atom stereocenters. The van der Waals surface area contributed by atoms with E-state index in [1.807, 2.05) is 0 Å². The van der Waals surface area contributed by atoms with E-state index in [0.717, 1.165) is 0 Å². The summed E-state index contributed by atoms with van der Waals surface area (Å²) in [5, 5.41) is 9.80. The third-order valence-electron chi connectivity index (χ3n) is 3.70. The maximum atomic E-state index is 12.3. The second-order valence-corrected chi connectivity index (χ2v) is 6.12. The zero-order chi connectivity index (χ0) is 16.3. The molecule has 0 spiro atoms. The molecule has 1 aliphatic heterocycles. The van der Waals surface area contributed by atoms with E-state index in [-0.39, 0.29) is 11.8 Å². The molecule has 0 bridgehead atoms. The Labute approximate surface area is 138 Å². The smallest absolute Gasteiger partial charge is 0.306 e. The number of carboxylic acids is 1. The van der Waals surface area contributed by atoms with Gasteiger partial charge in [0.1, 0.15) is 5.75 Å². The molecule has 120 valence electrons. The lowest BCUT2D eigenvalue weighted by molar-refractivity contribution is -0.147. The molecule has 1 aromatic rings.